The van der Waals surface area contributed by atoms with Crippen LogP contribution in [-0.4, -0.2) is 22.1 Å². The van der Waals surface area contributed by atoms with Crippen molar-refractivity contribution in [2.45, 2.75) is 20.3 Å². The predicted molar refractivity (Wildman–Crippen MR) is 78.3 cm³/mol. The zero-order valence-electron chi connectivity index (χ0n) is 11.4. The van der Waals surface area contributed by atoms with Gasteiger partial charge < -0.3 is 15.0 Å². The Labute approximate surface area is 122 Å². The van der Waals surface area contributed by atoms with Crippen molar-refractivity contribution in [3.8, 4) is 5.69 Å². The molecular weight excluding hydrogens is 278 g/mol. The fourth-order valence-corrected chi connectivity index (χ4v) is 2.35. The summed E-state index contributed by atoms with van der Waals surface area (Å²) in [7, 11) is 0. The van der Waals surface area contributed by atoms with E-state index >= 15 is 0 Å². The van der Waals surface area contributed by atoms with Crippen molar-refractivity contribution in [1.29, 1.82) is 0 Å². The number of nitrogens with two attached hydrogens (primary N) is 1. The van der Waals surface area contributed by atoms with Crippen LogP contribution in [0.15, 0.2) is 24.5 Å². The highest BCUT2D eigenvalue weighted by Crippen LogP contribution is 2.29. The molecule has 0 atom stereocenters. The first-order chi connectivity index (χ1) is 9.58. The lowest BCUT2D eigenvalue weighted by molar-refractivity contribution is 0.0526. The Hall–Kier alpha value is -2.01. The number of aryl methyl sites for hydroxylation is 1. The summed E-state index contributed by atoms with van der Waals surface area (Å²) < 4.78 is 6.85. The molecule has 0 aliphatic carbocycles. The number of anilines is 1. The van der Waals surface area contributed by atoms with Crippen LogP contribution in [0.25, 0.3) is 5.69 Å². The molecule has 0 unspecified atom stereocenters. The van der Waals surface area contributed by atoms with Crippen molar-refractivity contribution in [3.63, 3.8) is 0 Å². The van der Waals surface area contributed by atoms with Gasteiger partial charge in [0.1, 0.15) is 5.82 Å². The number of ether oxygens (including phenoxy) is 1. The molecule has 1 aromatic heterocycles. The lowest BCUT2D eigenvalue weighted by Gasteiger charge is -2.14. The van der Waals surface area contributed by atoms with Gasteiger partial charge in [-0.15, -0.1) is 0 Å². The molecule has 2 rings (SSSR count). The molecule has 0 spiro atoms. The molecule has 0 amide bonds. The molecule has 0 fully saturated rings. The van der Waals surface area contributed by atoms with E-state index in [1.807, 2.05) is 6.92 Å². The van der Waals surface area contributed by atoms with Gasteiger partial charge in [0.25, 0.3) is 0 Å². The maximum absolute atomic E-state index is 12.1. The highest BCUT2D eigenvalue weighted by Gasteiger charge is 2.19. The van der Waals surface area contributed by atoms with Crippen molar-refractivity contribution >= 4 is 23.3 Å². The van der Waals surface area contributed by atoms with Crippen LogP contribution in [0.1, 0.15) is 30.0 Å². The number of carbonyl (C=O) groups is 1. The van der Waals surface area contributed by atoms with Crippen LogP contribution in [0.3, 0.4) is 0 Å². The maximum atomic E-state index is 12.1. The van der Waals surface area contributed by atoms with Crippen LogP contribution in [-0.2, 0) is 11.2 Å². The topological polar surface area (TPSA) is 70.1 Å². The molecule has 0 aliphatic rings. The van der Waals surface area contributed by atoms with Crippen LogP contribution in [0.2, 0.25) is 5.02 Å². The molecule has 2 aromatic rings. The SMILES string of the molecule is CCOC(=O)c1cc(N)cc(Cl)c1-n1ccnc1CC. The molecule has 0 bridgehead atoms. The van der Waals surface area contributed by atoms with Crippen molar-refractivity contribution in [3.05, 3.63) is 40.9 Å². The molecule has 0 saturated carbocycles. The van der Waals surface area contributed by atoms with E-state index < -0.39 is 5.97 Å². The van der Waals surface area contributed by atoms with Gasteiger partial charge in [-0.2, -0.15) is 0 Å². The maximum Gasteiger partial charge on any atom is 0.340 e. The minimum atomic E-state index is -0.451. The Kier molecular flexibility index (Phi) is 4.29. The summed E-state index contributed by atoms with van der Waals surface area (Å²) in [5.41, 5.74) is 7.07. The predicted octanol–water partition coefficient (Wildman–Crippen LogP) is 2.85. The molecule has 6 heteroatoms. The van der Waals surface area contributed by atoms with Gasteiger partial charge in [-0.25, -0.2) is 9.78 Å². The lowest BCUT2D eigenvalue weighted by Crippen LogP contribution is -2.12. The lowest BCUT2D eigenvalue weighted by atomic mass is 10.1. The molecule has 1 aromatic carbocycles. The number of nitrogen functional groups attached to an aromatic ring is 1. The van der Waals surface area contributed by atoms with E-state index in [0.29, 0.717) is 22.0 Å². The molecule has 0 aliphatic heterocycles. The van der Waals surface area contributed by atoms with E-state index in [1.165, 1.54) is 0 Å². The fourth-order valence-electron chi connectivity index (χ4n) is 2.03. The third-order valence-electron chi connectivity index (χ3n) is 2.86. The number of hydrogen-bond donors (Lipinski definition) is 1. The van der Waals surface area contributed by atoms with Crippen LogP contribution >= 0.6 is 11.6 Å². The number of rotatable bonds is 4. The van der Waals surface area contributed by atoms with E-state index in [1.54, 1.807) is 36.0 Å². The van der Waals surface area contributed by atoms with Gasteiger partial charge in [0.05, 0.1) is 22.9 Å². The average Bonchev–Trinajstić information content (AvgIpc) is 2.86. The monoisotopic (exact) mass is 293 g/mol. The minimum absolute atomic E-state index is 0.287. The van der Waals surface area contributed by atoms with Crippen molar-refractivity contribution in [2.24, 2.45) is 0 Å². The molecule has 5 nitrogen and oxygen atoms in total. The van der Waals surface area contributed by atoms with Gasteiger partial charge in [-0.05, 0) is 19.1 Å². The molecule has 106 valence electrons. The number of aromatic nitrogens is 2. The number of esters is 1. The number of carbonyl (C=O) groups excluding carboxylic acids is 1. The van der Waals surface area contributed by atoms with E-state index in [-0.39, 0.29) is 6.61 Å². The second-order valence-corrected chi connectivity index (χ2v) is 4.59. The molecular formula is C14H16ClN3O2. The second kappa shape index (κ2) is 5.96. The highest BCUT2D eigenvalue weighted by molar-refractivity contribution is 6.33. The van der Waals surface area contributed by atoms with Crippen LogP contribution in [0.5, 0.6) is 0 Å². The Bertz CT molecular complexity index is 637. The zero-order chi connectivity index (χ0) is 14.7. The van der Waals surface area contributed by atoms with Gasteiger partial charge in [-0.1, -0.05) is 18.5 Å². The first-order valence-corrected chi connectivity index (χ1v) is 6.75. The van der Waals surface area contributed by atoms with Gasteiger partial charge in [0.15, 0.2) is 0 Å². The van der Waals surface area contributed by atoms with Gasteiger partial charge in [0, 0.05) is 24.5 Å². The summed E-state index contributed by atoms with van der Waals surface area (Å²) in [6, 6.07) is 3.18. The standard InChI is InChI=1S/C14H16ClN3O2/c1-3-12-17-5-6-18(12)13-10(14(19)20-4-2)7-9(16)8-11(13)15/h5-8H,3-4,16H2,1-2H3. The number of nitrogens with zero attached hydrogens (tertiary/aromatic N) is 2. The van der Waals surface area contributed by atoms with E-state index in [2.05, 4.69) is 4.98 Å². The third-order valence-corrected chi connectivity index (χ3v) is 3.14. The second-order valence-electron chi connectivity index (χ2n) is 4.19. The summed E-state index contributed by atoms with van der Waals surface area (Å²) in [4.78, 5) is 16.3. The summed E-state index contributed by atoms with van der Waals surface area (Å²) in [6.45, 7) is 4.02. The summed E-state index contributed by atoms with van der Waals surface area (Å²) in [6.07, 6.45) is 4.15. The summed E-state index contributed by atoms with van der Waals surface area (Å²) >= 11 is 6.26. The first-order valence-electron chi connectivity index (χ1n) is 6.37. The van der Waals surface area contributed by atoms with Gasteiger partial charge in [-0.3, -0.25) is 0 Å². The smallest absolute Gasteiger partial charge is 0.340 e. The molecule has 0 radical (unpaired) electrons. The number of hydrogen-bond acceptors (Lipinski definition) is 4. The molecule has 20 heavy (non-hydrogen) atoms. The van der Waals surface area contributed by atoms with Crippen LogP contribution < -0.4 is 5.73 Å². The van der Waals surface area contributed by atoms with E-state index in [0.717, 1.165) is 12.2 Å². The van der Waals surface area contributed by atoms with Gasteiger partial charge >= 0.3 is 5.97 Å². The quantitative estimate of drug-likeness (QED) is 0.695. The summed E-state index contributed by atoms with van der Waals surface area (Å²) in [5.74, 6) is 0.356. The van der Waals surface area contributed by atoms with Crippen molar-refractivity contribution in [1.82, 2.24) is 9.55 Å². The van der Waals surface area contributed by atoms with Crippen LogP contribution in [0.4, 0.5) is 5.69 Å². The number of imidazole rings is 1. The average molecular weight is 294 g/mol. The zero-order valence-corrected chi connectivity index (χ0v) is 12.1. The molecule has 1 heterocycles. The summed E-state index contributed by atoms with van der Waals surface area (Å²) in [5, 5.41) is 0.390. The van der Waals surface area contributed by atoms with Crippen molar-refractivity contribution in [2.75, 3.05) is 12.3 Å². The Balaban J connectivity index is 2.65. The van der Waals surface area contributed by atoms with Crippen LogP contribution in [0, 0.1) is 0 Å². The first kappa shape index (κ1) is 14.4. The van der Waals surface area contributed by atoms with Gasteiger partial charge in [0.2, 0.25) is 0 Å². The largest absolute Gasteiger partial charge is 0.462 e. The van der Waals surface area contributed by atoms with Crippen molar-refractivity contribution < 1.29 is 9.53 Å². The normalized spacial score (nSPS) is 10.6. The molecule has 2 N–H and O–H groups in total. The Morgan fingerprint density at radius 1 is 1.45 bits per heavy atom. The van der Waals surface area contributed by atoms with E-state index in [4.69, 9.17) is 22.1 Å². The number of benzene rings is 1. The Morgan fingerprint density at radius 3 is 2.85 bits per heavy atom. The molecule has 0 saturated heterocycles. The highest BCUT2D eigenvalue weighted by atomic mass is 35.5. The Morgan fingerprint density at radius 2 is 2.20 bits per heavy atom. The van der Waals surface area contributed by atoms with E-state index in [9.17, 15) is 4.79 Å². The number of halogens is 1. The third kappa shape index (κ3) is 2.63. The minimum Gasteiger partial charge on any atom is -0.462 e. The fraction of sp³-hybridized carbons (Fsp3) is 0.286.